The summed E-state index contributed by atoms with van der Waals surface area (Å²) in [6.45, 7) is 1.87. The minimum absolute atomic E-state index is 0.0383. The Labute approximate surface area is 114 Å². The molecule has 2 rings (SSSR count). The summed E-state index contributed by atoms with van der Waals surface area (Å²) in [4.78, 5) is 0. The van der Waals surface area contributed by atoms with Crippen molar-refractivity contribution < 1.29 is 9.50 Å². The molecule has 0 spiro atoms. The molecule has 1 heterocycles. The fraction of sp³-hybridized carbons (Fsp3) is 0.214. The Morgan fingerprint density at radius 2 is 2.26 bits per heavy atom. The van der Waals surface area contributed by atoms with Crippen LogP contribution in [0.15, 0.2) is 35.0 Å². The van der Waals surface area contributed by atoms with Crippen molar-refractivity contribution in [2.45, 2.75) is 12.5 Å². The van der Waals surface area contributed by atoms with E-state index in [4.69, 9.17) is 5.26 Å². The van der Waals surface area contributed by atoms with E-state index < -0.39 is 11.4 Å². The van der Waals surface area contributed by atoms with Gasteiger partial charge in [-0.25, -0.2) is 4.39 Å². The van der Waals surface area contributed by atoms with Crippen molar-refractivity contribution in [1.29, 1.82) is 5.26 Å². The van der Waals surface area contributed by atoms with Crippen LogP contribution in [0.3, 0.4) is 0 Å². The van der Waals surface area contributed by atoms with Crippen LogP contribution in [0.4, 0.5) is 10.1 Å². The van der Waals surface area contributed by atoms with Gasteiger partial charge < -0.3 is 10.4 Å². The Bertz CT molecular complexity index is 602. The lowest BCUT2D eigenvalue weighted by Gasteiger charge is -2.23. The van der Waals surface area contributed by atoms with Gasteiger partial charge in [0.25, 0.3) is 0 Å². The van der Waals surface area contributed by atoms with Crippen molar-refractivity contribution in [3.8, 4) is 6.07 Å². The maximum Gasteiger partial charge on any atom is 0.143 e. The van der Waals surface area contributed by atoms with Crippen LogP contribution in [0.2, 0.25) is 0 Å². The molecule has 0 aliphatic heterocycles. The van der Waals surface area contributed by atoms with Gasteiger partial charge in [0, 0.05) is 6.54 Å². The molecule has 0 radical (unpaired) electrons. The molecular formula is C14H13FN2OS. The van der Waals surface area contributed by atoms with Crippen molar-refractivity contribution in [3.63, 3.8) is 0 Å². The van der Waals surface area contributed by atoms with E-state index in [0.717, 1.165) is 5.56 Å². The number of rotatable bonds is 4. The minimum Gasteiger partial charge on any atom is -0.384 e. The molecule has 1 unspecified atom stereocenters. The first kappa shape index (κ1) is 13.5. The highest BCUT2D eigenvalue weighted by Crippen LogP contribution is 2.25. The number of benzene rings is 1. The summed E-state index contributed by atoms with van der Waals surface area (Å²) in [6, 6.07) is 8.03. The molecule has 0 saturated heterocycles. The van der Waals surface area contributed by atoms with E-state index in [-0.39, 0.29) is 12.1 Å². The van der Waals surface area contributed by atoms with Gasteiger partial charge >= 0.3 is 0 Å². The lowest BCUT2D eigenvalue weighted by molar-refractivity contribution is 0.0720. The van der Waals surface area contributed by atoms with Crippen LogP contribution in [-0.4, -0.2) is 11.7 Å². The number of aliphatic hydroxyl groups is 1. The van der Waals surface area contributed by atoms with Crippen LogP contribution >= 0.6 is 11.3 Å². The van der Waals surface area contributed by atoms with Gasteiger partial charge in [0.05, 0.1) is 5.69 Å². The Morgan fingerprint density at radius 1 is 1.47 bits per heavy atom. The van der Waals surface area contributed by atoms with Gasteiger partial charge in [0.2, 0.25) is 0 Å². The predicted molar refractivity (Wildman–Crippen MR) is 73.5 cm³/mol. The summed E-state index contributed by atoms with van der Waals surface area (Å²) >= 11 is 1.50. The molecule has 0 bridgehead atoms. The number of nitriles is 1. The molecule has 2 N–H and O–H groups in total. The molecule has 1 aromatic carbocycles. The van der Waals surface area contributed by atoms with E-state index in [0.29, 0.717) is 5.69 Å². The molecule has 2 aromatic rings. The highest BCUT2D eigenvalue weighted by molar-refractivity contribution is 7.08. The number of hydrogen-bond donors (Lipinski definition) is 2. The van der Waals surface area contributed by atoms with Crippen molar-refractivity contribution in [1.82, 2.24) is 0 Å². The summed E-state index contributed by atoms with van der Waals surface area (Å²) in [7, 11) is 0. The molecule has 1 aromatic heterocycles. The molecule has 3 nitrogen and oxygen atoms in total. The zero-order valence-corrected chi connectivity index (χ0v) is 11.2. The Balaban J connectivity index is 2.16. The number of nitrogens with one attached hydrogen (secondary N) is 1. The van der Waals surface area contributed by atoms with E-state index >= 15 is 0 Å². The van der Waals surface area contributed by atoms with E-state index in [1.807, 2.05) is 22.9 Å². The van der Waals surface area contributed by atoms with Crippen LogP contribution in [0.25, 0.3) is 0 Å². The van der Waals surface area contributed by atoms with E-state index in [9.17, 15) is 9.50 Å². The molecule has 0 amide bonds. The molecule has 0 fully saturated rings. The van der Waals surface area contributed by atoms with Gasteiger partial charge in [-0.05, 0) is 41.4 Å². The van der Waals surface area contributed by atoms with Crippen molar-refractivity contribution in [2.75, 3.05) is 11.9 Å². The van der Waals surface area contributed by atoms with Gasteiger partial charge in [0.15, 0.2) is 0 Å². The summed E-state index contributed by atoms with van der Waals surface area (Å²) in [6.07, 6.45) is 0. The van der Waals surface area contributed by atoms with Crippen molar-refractivity contribution >= 4 is 17.0 Å². The van der Waals surface area contributed by atoms with Gasteiger partial charge in [0.1, 0.15) is 23.1 Å². The molecule has 5 heteroatoms. The first-order chi connectivity index (χ1) is 9.04. The van der Waals surface area contributed by atoms with E-state index in [1.165, 1.54) is 23.5 Å². The standard InChI is InChI=1S/C14H13FN2OS/c1-14(18,10-5-6-19-8-10)9-17-13-4-2-3-12(15)11(13)7-16/h2-6,8,17-18H,9H2,1H3. The quantitative estimate of drug-likeness (QED) is 0.902. The van der Waals surface area contributed by atoms with Gasteiger partial charge in [-0.1, -0.05) is 6.07 Å². The van der Waals surface area contributed by atoms with Crippen LogP contribution in [0.5, 0.6) is 0 Å². The van der Waals surface area contributed by atoms with Gasteiger partial charge in [-0.2, -0.15) is 16.6 Å². The second-order valence-corrected chi connectivity index (χ2v) is 5.19. The minimum atomic E-state index is -1.07. The number of anilines is 1. The first-order valence-electron chi connectivity index (χ1n) is 5.72. The summed E-state index contributed by atoms with van der Waals surface area (Å²) in [5, 5.41) is 25.9. The normalized spacial score (nSPS) is 13.6. The Hall–Kier alpha value is -1.90. The van der Waals surface area contributed by atoms with E-state index in [2.05, 4.69) is 5.32 Å². The van der Waals surface area contributed by atoms with Crippen LogP contribution in [0.1, 0.15) is 18.1 Å². The first-order valence-corrected chi connectivity index (χ1v) is 6.66. The topological polar surface area (TPSA) is 56.0 Å². The maximum absolute atomic E-state index is 13.4. The lowest BCUT2D eigenvalue weighted by atomic mass is 9.99. The Morgan fingerprint density at radius 3 is 2.89 bits per heavy atom. The SMILES string of the molecule is CC(O)(CNc1cccc(F)c1C#N)c1ccsc1. The highest BCUT2D eigenvalue weighted by Gasteiger charge is 2.23. The maximum atomic E-state index is 13.4. The summed E-state index contributed by atoms with van der Waals surface area (Å²) < 4.78 is 13.4. The van der Waals surface area contributed by atoms with Gasteiger partial charge in [-0.3, -0.25) is 0 Å². The number of hydrogen-bond acceptors (Lipinski definition) is 4. The zero-order valence-electron chi connectivity index (χ0n) is 10.4. The van der Waals surface area contributed by atoms with Crippen LogP contribution in [-0.2, 0) is 5.60 Å². The molecular weight excluding hydrogens is 263 g/mol. The fourth-order valence-electron chi connectivity index (χ4n) is 1.73. The fourth-order valence-corrected chi connectivity index (χ4v) is 2.51. The molecule has 98 valence electrons. The summed E-state index contributed by atoms with van der Waals surface area (Å²) in [5.74, 6) is -0.567. The van der Waals surface area contributed by atoms with E-state index in [1.54, 1.807) is 13.0 Å². The van der Waals surface area contributed by atoms with Crippen LogP contribution in [0, 0.1) is 17.1 Å². The molecule has 1 atom stereocenters. The highest BCUT2D eigenvalue weighted by atomic mass is 32.1. The predicted octanol–water partition coefficient (Wildman–Crippen LogP) is 3.08. The second-order valence-electron chi connectivity index (χ2n) is 4.41. The smallest absolute Gasteiger partial charge is 0.143 e. The zero-order chi connectivity index (χ0) is 13.9. The van der Waals surface area contributed by atoms with Crippen molar-refractivity contribution in [3.05, 3.63) is 52.0 Å². The monoisotopic (exact) mass is 276 g/mol. The largest absolute Gasteiger partial charge is 0.384 e. The third kappa shape index (κ3) is 2.92. The molecule has 0 aliphatic carbocycles. The number of thiophene rings is 1. The van der Waals surface area contributed by atoms with Gasteiger partial charge in [-0.15, -0.1) is 0 Å². The number of nitrogens with zero attached hydrogens (tertiary/aromatic N) is 1. The molecule has 0 aliphatic rings. The molecule has 19 heavy (non-hydrogen) atoms. The Kier molecular flexibility index (Phi) is 3.84. The molecule has 0 saturated carbocycles. The lowest BCUT2D eigenvalue weighted by Crippen LogP contribution is -2.30. The average molecular weight is 276 g/mol. The van der Waals surface area contributed by atoms with Crippen molar-refractivity contribution in [2.24, 2.45) is 0 Å². The second kappa shape index (κ2) is 5.39. The average Bonchev–Trinajstić information content (AvgIpc) is 2.91. The van der Waals surface area contributed by atoms with Crippen LogP contribution < -0.4 is 5.32 Å². The summed E-state index contributed by atoms with van der Waals surface area (Å²) in [5.41, 5.74) is 0.0699. The third-order valence-corrected chi connectivity index (χ3v) is 3.57. The third-order valence-electron chi connectivity index (χ3n) is 2.89. The number of halogens is 1.